The molecule has 0 amide bonds. The molecule has 5 nitrogen and oxygen atoms in total. The number of carbonyl (C=O) groups is 1. The lowest BCUT2D eigenvalue weighted by Gasteiger charge is -2.05. The van der Waals surface area contributed by atoms with Crippen LogP contribution in [0.25, 0.3) is 0 Å². The molecule has 0 aromatic heterocycles. The van der Waals surface area contributed by atoms with E-state index in [0.717, 1.165) is 0 Å². The second kappa shape index (κ2) is 5.32. The number of carbonyl (C=O) groups excluding carboxylic acids is 1. The number of hydrogen-bond donors (Lipinski definition) is 0. The molecule has 86 valence electrons. The molecule has 0 saturated heterocycles. The highest BCUT2D eigenvalue weighted by molar-refractivity contribution is 5.99. The highest BCUT2D eigenvalue weighted by atomic mass is 19.4. The van der Waals surface area contributed by atoms with Crippen molar-refractivity contribution in [3.8, 4) is 0 Å². The quantitative estimate of drug-likeness (QED) is 0.307. The van der Waals surface area contributed by atoms with Crippen LogP contribution in [0.5, 0.6) is 0 Å². The van der Waals surface area contributed by atoms with Gasteiger partial charge >= 0.3 is 6.18 Å². The van der Waals surface area contributed by atoms with Gasteiger partial charge in [-0.25, -0.2) is 0 Å². The van der Waals surface area contributed by atoms with Crippen molar-refractivity contribution in [2.45, 2.75) is 13.1 Å². The molecular weight excluding hydrogens is 219 g/mol. The highest BCUT2D eigenvalue weighted by Gasteiger charge is 2.42. The van der Waals surface area contributed by atoms with Gasteiger partial charge in [0.2, 0.25) is 6.54 Å². The van der Waals surface area contributed by atoms with Gasteiger partial charge in [0.15, 0.2) is 0 Å². The summed E-state index contributed by atoms with van der Waals surface area (Å²) in [5, 5.41) is 9.99. The zero-order chi connectivity index (χ0) is 12.1. The summed E-state index contributed by atoms with van der Waals surface area (Å²) >= 11 is 0. The number of rotatable bonds is 5. The maximum absolute atomic E-state index is 11.9. The number of nitrogens with zero attached hydrogens (tertiary/aromatic N) is 1. The van der Waals surface area contributed by atoms with Crippen LogP contribution in [-0.2, 0) is 9.53 Å². The maximum Gasteiger partial charge on any atom is 0.454 e. The Morgan fingerprint density at radius 3 is 2.40 bits per heavy atom. The summed E-state index contributed by atoms with van der Waals surface area (Å²) in [5.74, 6) is -2.26. The van der Waals surface area contributed by atoms with Gasteiger partial charge in [0.1, 0.15) is 5.57 Å². The first-order chi connectivity index (χ1) is 6.79. The van der Waals surface area contributed by atoms with Crippen LogP contribution >= 0.6 is 0 Å². The van der Waals surface area contributed by atoms with Gasteiger partial charge in [0.25, 0.3) is 5.78 Å². The fourth-order valence-corrected chi connectivity index (χ4v) is 0.668. The summed E-state index contributed by atoms with van der Waals surface area (Å²) in [6, 6.07) is 0. The van der Waals surface area contributed by atoms with E-state index in [-0.39, 0.29) is 6.61 Å². The van der Waals surface area contributed by atoms with Crippen molar-refractivity contribution in [1.82, 2.24) is 0 Å². The van der Waals surface area contributed by atoms with Crippen molar-refractivity contribution in [2.75, 3.05) is 13.2 Å². The summed E-state index contributed by atoms with van der Waals surface area (Å²) < 4.78 is 40.2. The lowest BCUT2D eigenvalue weighted by molar-refractivity contribution is -0.470. The lowest BCUT2D eigenvalue weighted by atomic mass is 10.2. The Hall–Kier alpha value is -1.60. The minimum absolute atomic E-state index is 0.0202. The molecule has 8 heteroatoms. The largest absolute Gasteiger partial charge is 0.501 e. The summed E-state index contributed by atoms with van der Waals surface area (Å²) in [5.41, 5.74) is -1.02. The van der Waals surface area contributed by atoms with Crippen molar-refractivity contribution >= 4 is 5.78 Å². The van der Waals surface area contributed by atoms with Crippen LogP contribution < -0.4 is 0 Å². The second-order valence-corrected chi connectivity index (χ2v) is 2.42. The van der Waals surface area contributed by atoms with Crippen molar-refractivity contribution in [2.24, 2.45) is 0 Å². The van der Waals surface area contributed by atoms with Crippen LogP contribution in [0, 0.1) is 10.1 Å². The first-order valence-electron chi connectivity index (χ1n) is 3.83. The minimum atomic E-state index is -5.13. The van der Waals surface area contributed by atoms with Crippen molar-refractivity contribution in [3.63, 3.8) is 0 Å². The zero-order valence-electron chi connectivity index (χ0n) is 7.71. The number of ether oxygens (including phenoxy) is 1. The van der Waals surface area contributed by atoms with Crippen LogP contribution in [0.3, 0.4) is 0 Å². The lowest BCUT2D eigenvalue weighted by Crippen LogP contribution is -2.28. The van der Waals surface area contributed by atoms with Crippen LogP contribution in [0.2, 0.25) is 0 Å². The molecule has 0 rings (SSSR count). The minimum Gasteiger partial charge on any atom is -0.501 e. The highest BCUT2D eigenvalue weighted by Crippen LogP contribution is 2.20. The third kappa shape index (κ3) is 4.99. The maximum atomic E-state index is 11.9. The van der Waals surface area contributed by atoms with Gasteiger partial charge < -0.3 is 4.74 Å². The molecule has 0 aliphatic rings. The molecule has 0 heterocycles. The monoisotopic (exact) mass is 227 g/mol. The molecule has 0 aliphatic carbocycles. The fourth-order valence-electron chi connectivity index (χ4n) is 0.668. The summed E-state index contributed by atoms with van der Waals surface area (Å²) in [6.07, 6.45) is -4.66. The van der Waals surface area contributed by atoms with Crippen LogP contribution in [0.1, 0.15) is 6.92 Å². The predicted octanol–water partition coefficient (Wildman–Crippen LogP) is 1.31. The number of Topliss-reactive ketones (excluding diaryl/α,β-unsaturated/α-hetero) is 1. The van der Waals surface area contributed by atoms with Crippen LogP contribution in [0.4, 0.5) is 13.2 Å². The van der Waals surface area contributed by atoms with Crippen molar-refractivity contribution in [3.05, 3.63) is 21.9 Å². The Morgan fingerprint density at radius 2 is 2.07 bits per heavy atom. The normalized spacial score (nSPS) is 12.4. The predicted molar refractivity (Wildman–Crippen MR) is 42.6 cm³/mol. The molecule has 0 fully saturated rings. The number of halogens is 3. The summed E-state index contributed by atoms with van der Waals surface area (Å²) in [7, 11) is 0. The van der Waals surface area contributed by atoms with Gasteiger partial charge in [0, 0.05) is 4.92 Å². The molecule has 0 N–H and O–H groups in total. The van der Waals surface area contributed by atoms with Gasteiger partial charge in [-0.2, -0.15) is 13.2 Å². The first kappa shape index (κ1) is 13.4. The van der Waals surface area contributed by atoms with Crippen LogP contribution in [0.15, 0.2) is 11.8 Å². The van der Waals surface area contributed by atoms with E-state index in [1.165, 1.54) is 6.92 Å². The van der Waals surface area contributed by atoms with E-state index in [9.17, 15) is 28.1 Å². The molecule has 0 aliphatic heterocycles. The van der Waals surface area contributed by atoms with Crippen molar-refractivity contribution in [1.29, 1.82) is 0 Å². The molecule has 0 bridgehead atoms. The first-order valence-corrected chi connectivity index (χ1v) is 3.83. The standard InChI is InChI=1S/C7H8F3NO4/c1-2-15-4-5(3-11(13)14)6(12)7(8,9)10/h4H,2-3H2,1H3/b5-4+. The zero-order valence-corrected chi connectivity index (χ0v) is 7.71. The van der Waals surface area contributed by atoms with E-state index in [2.05, 4.69) is 4.74 Å². The van der Waals surface area contributed by atoms with E-state index in [4.69, 9.17) is 0 Å². The van der Waals surface area contributed by atoms with Crippen molar-refractivity contribution < 1.29 is 27.6 Å². The fraction of sp³-hybridized carbons (Fsp3) is 0.571. The summed E-state index contributed by atoms with van der Waals surface area (Å²) in [6.45, 7) is 0.281. The van der Waals surface area contributed by atoms with Gasteiger partial charge in [-0.3, -0.25) is 14.9 Å². The molecule has 0 saturated carbocycles. The van der Waals surface area contributed by atoms with Gasteiger partial charge in [-0.1, -0.05) is 0 Å². The molecule has 0 aromatic rings. The molecule has 0 spiro atoms. The van der Waals surface area contributed by atoms with Gasteiger partial charge in [-0.05, 0) is 6.92 Å². The Kier molecular flexibility index (Phi) is 4.75. The number of alkyl halides is 3. The van der Waals surface area contributed by atoms with E-state index in [1.54, 1.807) is 0 Å². The van der Waals surface area contributed by atoms with Gasteiger partial charge in [0.05, 0.1) is 12.9 Å². The van der Waals surface area contributed by atoms with E-state index >= 15 is 0 Å². The van der Waals surface area contributed by atoms with E-state index in [0.29, 0.717) is 6.26 Å². The SMILES string of the molecule is CCO/C=C(\C[N+](=O)[O-])C(=O)C(F)(F)F. The molecular formula is C7H8F3NO4. The average molecular weight is 227 g/mol. The third-order valence-electron chi connectivity index (χ3n) is 1.24. The average Bonchev–Trinajstić information content (AvgIpc) is 2.09. The molecule has 0 radical (unpaired) electrons. The van der Waals surface area contributed by atoms with E-state index in [1.807, 2.05) is 0 Å². The third-order valence-corrected chi connectivity index (χ3v) is 1.24. The van der Waals surface area contributed by atoms with Gasteiger partial charge in [-0.15, -0.1) is 0 Å². The Labute approximate surface area is 82.7 Å². The number of nitro groups is 1. The molecule has 0 aromatic carbocycles. The second-order valence-electron chi connectivity index (χ2n) is 2.42. The molecule has 0 atom stereocenters. The smallest absolute Gasteiger partial charge is 0.454 e. The summed E-state index contributed by atoms with van der Waals surface area (Å²) in [4.78, 5) is 19.6. The van der Waals surface area contributed by atoms with E-state index < -0.39 is 29.0 Å². The Balaban J connectivity index is 4.78. The topological polar surface area (TPSA) is 69.4 Å². The molecule has 15 heavy (non-hydrogen) atoms. The Bertz CT molecular complexity index is 284. The molecule has 0 unspecified atom stereocenters. The van der Waals surface area contributed by atoms with Crippen LogP contribution in [-0.4, -0.2) is 30.0 Å². The number of ketones is 1. The number of hydrogen-bond acceptors (Lipinski definition) is 4. The Morgan fingerprint density at radius 1 is 1.53 bits per heavy atom.